The van der Waals surface area contributed by atoms with Gasteiger partial charge in [-0.25, -0.2) is 0 Å². The molecule has 2 amide bonds. The first-order chi connectivity index (χ1) is 11.8. The summed E-state index contributed by atoms with van der Waals surface area (Å²) in [5.74, 6) is -0.292. The lowest BCUT2D eigenvalue weighted by Crippen LogP contribution is -2.17. The highest BCUT2D eigenvalue weighted by Gasteiger charge is 2.24. The average Bonchev–Trinajstić information content (AvgIpc) is 2.87. The third kappa shape index (κ3) is 4.09. The van der Waals surface area contributed by atoms with Crippen LogP contribution in [-0.2, 0) is 14.9 Å². The molecule has 2 aromatic carbocycles. The van der Waals surface area contributed by atoms with E-state index >= 15 is 0 Å². The number of aryl methyl sites for hydroxylation is 1. The van der Waals surface area contributed by atoms with Gasteiger partial charge in [-0.05, 0) is 54.6 Å². The Hall–Kier alpha value is -2.58. The SMILES string of the molecule is Cc1ccc(S(=O)(=O)Oc2ccc(/C=C3/SC(=O)NC3=O)cc2)cc1. The Labute approximate surface area is 149 Å². The molecule has 0 aliphatic carbocycles. The van der Waals surface area contributed by atoms with Crippen LogP contribution in [-0.4, -0.2) is 19.6 Å². The van der Waals surface area contributed by atoms with Crippen LogP contribution in [0.5, 0.6) is 5.75 Å². The number of benzene rings is 2. The Morgan fingerprint density at radius 1 is 1.00 bits per heavy atom. The number of amides is 2. The number of hydrogen-bond acceptors (Lipinski definition) is 6. The van der Waals surface area contributed by atoms with Gasteiger partial charge in [0.15, 0.2) is 0 Å². The van der Waals surface area contributed by atoms with E-state index < -0.39 is 21.3 Å². The predicted molar refractivity (Wildman–Crippen MR) is 94.5 cm³/mol. The van der Waals surface area contributed by atoms with Gasteiger partial charge in [-0.15, -0.1) is 0 Å². The van der Waals surface area contributed by atoms with Crippen LogP contribution in [0.25, 0.3) is 6.08 Å². The maximum absolute atomic E-state index is 12.2. The normalized spacial score (nSPS) is 16.1. The molecule has 0 atom stereocenters. The molecule has 0 radical (unpaired) electrons. The van der Waals surface area contributed by atoms with Crippen LogP contribution in [0.1, 0.15) is 11.1 Å². The van der Waals surface area contributed by atoms with Crippen molar-refractivity contribution in [2.24, 2.45) is 0 Å². The maximum Gasteiger partial charge on any atom is 0.339 e. The summed E-state index contributed by atoms with van der Waals surface area (Å²) in [6.45, 7) is 1.86. The van der Waals surface area contributed by atoms with Gasteiger partial charge in [0, 0.05) is 0 Å². The molecular formula is C17H13NO5S2. The van der Waals surface area contributed by atoms with Crippen LogP contribution in [0, 0.1) is 6.92 Å². The van der Waals surface area contributed by atoms with Crippen molar-refractivity contribution < 1.29 is 22.2 Å². The van der Waals surface area contributed by atoms with Gasteiger partial charge >= 0.3 is 10.1 Å². The fourth-order valence-electron chi connectivity index (χ4n) is 2.07. The van der Waals surface area contributed by atoms with Gasteiger partial charge in [-0.3, -0.25) is 14.9 Å². The molecular weight excluding hydrogens is 362 g/mol. The van der Waals surface area contributed by atoms with Gasteiger partial charge in [-0.2, -0.15) is 8.42 Å². The van der Waals surface area contributed by atoms with Crippen molar-refractivity contribution in [2.45, 2.75) is 11.8 Å². The highest BCUT2D eigenvalue weighted by Crippen LogP contribution is 2.26. The quantitative estimate of drug-likeness (QED) is 0.652. The topological polar surface area (TPSA) is 89.5 Å². The van der Waals surface area contributed by atoms with E-state index in [0.29, 0.717) is 5.56 Å². The molecule has 1 fully saturated rings. The average molecular weight is 375 g/mol. The largest absolute Gasteiger partial charge is 0.379 e. The smallest absolute Gasteiger partial charge is 0.339 e. The van der Waals surface area contributed by atoms with E-state index in [0.717, 1.165) is 17.3 Å². The number of thioether (sulfide) groups is 1. The number of rotatable bonds is 4. The number of imide groups is 1. The molecule has 1 aliphatic heterocycles. The molecule has 0 aromatic heterocycles. The Kier molecular flexibility index (Phi) is 4.65. The minimum absolute atomic E-state index is 0.0711. The molecule has 1 N–H and O–H groups in total. The van der Waals surface area contributed by atoms with Crippen LogP contribution in [0.15, 0.2) is 58.3 Å². The van der Waals surface area contributed by atoms with Crippen LogP contribution in [0.2, 0.25) is 0 Å². The van der Waals surface area contributed by atoms with Crippen molar-refractivity contribution in [1.29, 1.82) is 0 Å². The Morgan fingerprint density at radius 3 is 2.20 bits per heavy atom. The van der Waals surface area contributed by atoms with Crippen molar-refractivity contribution in [1.82, 2.24) is 5.32 Å². The molecule has 6 nitrogen and oxygen atoms in total. The second-order valence-corrected chi connectivity index (χ2v) is 7.83. The summed E-state index contributed by atoms with van der Waals surface area (Å²) in [6.07, 6.45) is 1.54. The summed E-state index contributed by atoms with van der Waals surface area (Å²) in [6, 6.07) is 12.5. The standard InChI is InChI=1S/C17H13NO5S2/c1-11-2-8-14(9-3-11)25(21,22)23-13-6-4-12(5-7-13)10-15-16(19)18-17(20)24-15/h2-10H,1H3,(H,18,19,20)/b15-10+. The number of nitrogens with one attached hydrogen (secondary N) is 1. The van der Waals surface area contributed by atoms with Gasteiger partial charge in [0.05, 0.1) is 4.91 Å². The van der Waals surface area contributed by atoms with Gasteiger partial charge in [0.1, 0.15) is 10.6 Å². The highest BCUT2D eigenvalue weighted by molar-refractivity contribution is 8.18. The molecule has 0 saturated carbocycles. The summed E-state index contributed by atoms with van der Waals surface area (Å²) in [7, 11) is -3.91. The Morgan fingerprint density at radius 2 is 1.64 bits per heavy atom. The van der Waals surface area contributed by atoms with Crippen molar-refractivity contribution in [3.05, 3.63) is 64.6 Å². The lowest BCUT2D eigenvalue weighted by Gasteiger charge is -2.07. The summed E-state index contributed by atoms with van der Waals surface area (Å²) in [4.78, 5) is 23.0. The van der Waals surface area contributed by atoms with E-state index in [4.69, 9.17) is 4.18 Å². The fraction of sp³-hybridized carbons (Fsp3) is 0.0588. The van der Waals surface area contributed by atoms with Crippen molar-refractivity contribution in [3.63, 3.8) is 0 Å². The highest BCUT2D eigenvalue weighted by atomic mass is 32.2. The van der Waals surface area contributed by atoms with Gasteiger partial charge in [0.25, 0.3) is 11.1 Å². The first-order valence-corrected chi connectivity index (χ1v) is 9.42. The van der Waals surface area contributed by atoms with E-state index in [1.807, 2.05) is 6.92 Å². The second kappa shape index (κ2) is 6.73. The molecule has 1 aliphatic rings. The monoisotopic (exact) mass is 375 g/mol. The molecule has 3 rings (SSSR count). The first-order valence-electron chi connectivity index (χ1n) is 7.19. The zero-order valence-corrected chi connectivity index (χ0v) is 14.7. The molecule has 25 heavy (non-hydrogen) atoms. The zero-order chi connectivity index (χ0) is 18.0. The molecule has 2 aromatic rings. The van der Waals surface area contributed by atoms with Gasteiger partial charge < -0.3 is 4.18 Å². The predicted octanol–water partition coefficient (Wildman–Crippen LogP) is 3.09. The van der Waals surface area contributed by atoms with E-state index in [-0.39, 0.29) is 15.6 Å². The molecule has 8 heteroatoms. The summed E-state index contributed by atoms with van der Waals surface area (Å²) in [5.41, 5.74) is 1.59. The van der Waals surface area contributed by atoms with Crippen molar-refractivity contribution in [2.75, 3.05) is 0 Å². The molecule has 0 spiro atoms. The van der Waals surface area contributed by atoms with Crippen LogP contribution in [0.3, 0.4) is 0 Å². The summed E-state index contributed by atoms with van der Waals surface area (Å²) in [5, 5.41) is 1.75. The van der Waals surface area contributed by atoms with Crippen LogP contribution >= 0.6 is 11.8 Å². The third-order valence-electron chi connectivity index (χ3n) is 3.34. The molecule has 0 bridgehead atoms. The van der Waals surface area contributed by atoms with Crippen LogP contribution in [0.4, 0.5) is 4.79 Å². The Bertz CT molecular complexity index is 961. The maximum atomic E-state index is 12.2. The molecule has 1 heterocycles. The second-order valence-electron chi connectivity index (χ2n) is 5.27. The minimum Gasteiger partial charge on any atom is -0.379 e. The third-order valence-corrected chi connectivity index (χ3v) is 5.41. The van der Waals surface area contributed by atoms with Gasteiger partial charge in [-0.1, -0.05) is 29.8 Å². The number of hydrogen-bond donors (Lipinski definition) is 1. The summed E-state index contributed by atoms with van der Waals surface area (Å²) < 4.78 is 29.6. The Balaban J connectivity index is 1.77. The van der Waals surface area contributed by atoms with Crippen molar-refractivity contribution >= 4 is 39.1 Å². The van der Waals surface area contributed by atoms with Crippen molar-refractivity contribution in [3.8, 4) is 5.75 Å². The van der Waals surface area contributed by atoms with E-state index in [9.17, 15) is 18.0 Å². The molecule has 0 unspecified atom stereocenters. The minimum atomic E-state index is -3.91. The molecule has 128 valence electrons. The fourth-order valence-corrected chi connectivity index (χ4v) is 3.68. The van der Waals surface area contributed by atoms with Gasteiger partial charge in [0.2, 0.25) is 0 Å². The van der Waals surface area contributed by atoms with Crippen LogP contribution < -0.4 is 9.50 Å². The lowest BCUT2D eigenvalue weighted by atomic mass is 10.2. The zero-order valence-electron chi connectivity index (χ0n) is 13.1. The van der Waals surface area contributed by atoms with E-state index in [2.05, 4.69) is 5.32 Å². The first kappa shape index (κ1) is 17.2. The number of carbonyl (C=O) groups is 2. The number of carbonyl (C=O) groups excluding carboxylic acids is 2. The molecule has 1 saturated heterocycles. The van der Waals surface area contributed by atoms with E-state index in [1.165, 1.54) is 24.3 Å². The lowest BCUT2D eigenvalue weighted by molar-refractivity contribution is -0.115. The summed E-state index contributed by atoms with van der Waals surface area (Å²) >= 11 is 0.816. The van der Waals surface area contributed by atoms with E-state index in [1.54, 1.807) is 30.3 Å².